The van der Waals surface area contributed by atoms with E-state index in [0.29, 0.717) is 5.69 Å². The highest BCUT2D eigenvalue weighted by Gasteiger charge is 2.12. The number of rotatable bonds is 4. The van der Waals surface area contributed by atoms with Gasteiger partial charge in [0.1, 0.15) is 5.69 Å². The zero-order valence-corrected chi connectivity index (χ0v) is 11.9. The number of carbonyl (C=O) groups is 1. The molecule has 2 N–H and O–H groups in total. The molecule has 0 spiro atoms. The summed E-state index contributed by atoms with van der Waals surface area (Å²) in [6.45, 7) is 7.94. The first-order chi connectivity index (χ1) is 9.61. The maximum absolute atomic E-state index is 12.2. The fourth-order valence-corrected chi connectivity index (χ4v) is 2.14. The SMILES string of the molecule is C=c1[nH]c(C(=O)N[C@H](C)c2ccccc2)c/c1=C/CC. The van der Waals surface area contributed by atoms with E-state index in [1.54, 1.807) is 0 Å². The molecule has 3 nitrogen and oxygen atoms in total. The summed E-state index contributed by atoms with van der Waals surface area (Å²) >= 11 is 0. The van der Waals surface area contributed by atoms with Gasteiger partial charge in [0.05, 0.1) is 6.04 Å². The largest absolute Gasteiger partial charge is 0.351 e. The van der Waals surface area contributed by atoms with E-state index in [2.05, 4.69) is 29.9 Å². The second-order valence-electron chi connectivity index (χ2n) is 4.84. The second kappa shape index (κ2) is 6.24. The highest BCUT2D eigenvalue weighted by Crippen LogP contribution is 2.11. The van der Waals surface area contributed by atoms with Crippen LogP contribution in [0.25, 0.3) is 12.7 Å². The molecule has 104 valence electrons. The lowest BCUT2D eigenvalue weighted by Crippen LogP contribution is -2.27. The normalized spacial score (nSPS) is 13.2. The van der Waals surface area contributed by atoms with Gasteiger partial charge in [-0.1, -0.05) is 49.9 Å². The van der Waals surface area contributed by atoms with Crippen LogP contribution in [-0.4, -0.2) is 10.9 Å². The molecule has 2 aromatic rings. The van der Waals surface area contributed by atoms with Gasteiger partial charge in [-0.25, -0.2) is 0 Å². The number of aromatic amines is 1. The van der Waals surface area contributed by atoms with Crippen molar-refractivity contribution in [1.82, 2.24) is 10.3 Å². The molecule has 1 heterocycles. The van der Waals surface area contributed by atoms with Crippen molar-refractivity contribution in [1.29, 1.82) is 0 Å². The fourth-order valence-electron chi connectivity index (χ4n) is 2.14. The molecular weight excluding hydrogens is 248 g/mol. The fraction of sp³-hybridized carbons (Fsp3) is 0.235. The molecule has 1 aromatic heterocycles. The summed E-state index contributed by atoms with van der Waals surface area (Å²) in [5.41, 5.74) is 1.64. The topological polar surface area (TPSA) is 44.9 Å². The average Bonchev–Trinajstić information content (AvgIpc) is 2.82. The Labute approximate surface area is 119 Å². The van der Waals surface area contributed by atoms with Gasteiger partial charge in [0, 0.05) is 5.35 Å². The Morgan fingerprint density at radius 3 is 2.75 bits per heavy atom. The highest BCUT2D eigenvalue weighted by atomic mass is 16.1. The Kier molecular flexibility index (Phi) is 4.41. The number of H-pyrrole nitrogens is 1. The molecule has 0 bridgehead atoms. The molecule has 0 radical (unpaired) electrons. The van der Waals surface area contributed by atoms with Crippen LogP contribution in [0.3, 0.4) is 0 Å². The van der Waals surface area contributed by atoms with Crippen LogP contribution in [0, 0.1) is 0 Å². The van der Waals surface area contributed by atoms with Crippen LogP contribution in [0.1, 0.15) is 42.4 Å². The molecule has 0 aliphatic heterocycles. The zero-order valence-electron chi connectivity index (χ0n) is 11.9. The third-order valence-electron chi connectivity index (χ3n) is 3.25. The summed E-state index contributed by atoms with van der Waals surface area (Å²) in [7, 11) is 0. The van der Waals surface area contributed by atoms with Crippen LogP contribution in [-0.2, 0) is 0 Å². The molecule has 20 heavy (non-hydrogen) atoms. The second-order valence-corrected chi connectivity index (χ2v) is 4.84. The maximum atomic E-state index is 12.2. The molecule has 0 aliphatic carbocycles. The van der Waals surface area contributed by atoms with Crippen molar-refractivity contribution in [2.75, 3.05) is 0 Å². The summed E-state index contributed by atoms with van der Waals surface area (Å²) in [5, 5.41) is 4.76. The first-order valence-corrected chi connectivity index (χ1v) is 6.85. The minimum absolute atomic E-state index is 0.0288. The number of hydrogen-bond acceptors (Lipinski definition) is 1. The lowest BCUT2D eigenvalue weighted by molar-refractivity contribution is 0.0935. The van der Waals surface area contributed by atoms with Gasteiger partial charge in [0.15, 0.2) is 0 Å². The molecule has 0 unspecified atom stereocenters. The van der Waals surface area contributed by atoms with Crippen molar-refractivity contribution >= 4 is 18.6 Å². The summed E-state index contributed by atoms with van der Waals surface area (Å²) in [4.78, 5) is 15.2. The number of benzene rings is 1. The van der Waals surface area contributed by atoms with E-state index >= 15 is 0 Å². The first-order valence-electron chi connectivity index (χ1n) is 6.85. The third-order valence-corrected chi connectivity index (χ3v) is 3.25. The van der Waals surface area contributed by atoms with Gasteiger partial charge >= 0.3 is 0 Å². The molecule has 0 saturated heterocycles. The van der Waals surface area contributed by atoms with Gasteiger partial charge in [-0.2, -0.15) is 0 Å². The summed E-state index contributed by atoms with van der Waals surface area (Å²) < 4.78 is 0. The van der Waals surface area contributed by atoms with Crippen molar-refractivity contribution in [3.05, 3.63) is 58.2 Å². The van der Waals surface area contributed by atoms with Crippen LogP contribution >= 0.6 is 0 Å². The van der Waals surface area contributed by atoms with Crippen LogP contribution in [0.15, 0.2) is 36.4 Å². The lowest BCUT2D eigenvalue weighted by Gasteiger charge is -2.13. The standard InChI is InChI=1S/C17H20N2O/c1-4-8-15-11-16(18-13(15)3)17(20)19-12(2)14-9-6-5-7-10-14/h5-12,18H,3-4H2,1-2H3,(H,19,20)/b15-8-/t12-/m1/s1. The predicted octanol–water partition coefficient (Wildman–Crippen LogP) is 2.11. The molecule has 1 amide bonds. The minimum Gasteiger partial charge on any atom is -0.351 e. The van der Waals surface area contributed by atoms with Crippen molar-refractivity contribution in [3.63, 3.8) is 0 Å². The Balaban J connectivity index is 2.15. The zero-order chi connectivity index (χ0) is 14.5. The minimum atomic E-state index is -0.109. The molecule has 0 aliphatic rings. The summed E-state index contributed by atoms with van der Waals surface area (Å²) in [6.07, 6.45) is 2.97. The van der Waals surface area contributed by atoms with Gasteiger partial charge in [0.25, 0.3) is 5.91 Å². The Morgan fingerprint density at radius 1 is 1.40 bits per heavy atom. The van der Waals surface area contributed by atoms with Crippen LogP contribution in [0.5, 0.6) is 0 Å². The monoisotopic (exact) mass is 268 g/mol. The number of carbonyl (C=O) groups excluding carboxylic acids is 1. The van der Waals surface area contributed by atoms with E-state index in [1.165, 1.54) is 0 Å². The van der Waals surface area contributed by atoms with E-state index in [0.717, 1.165) is 22.6 Å². The van der Waals surface area contributed by atoms with Crippen molar-refractivity contribution < 1.29 is 4.79 Å². The molecule has 3 heteroatoms. The Bertz CT molecular complexity index is 686. The smallest absolute Gasteiger partial charge is 0.268 e. The van der Waals surface area contributed by atoms with Crippen LogP contribution in [0.4, 0.5) is 0 Å². The third kappa shape index (κ3) is 3.18. The van der Waals surface area contributed by atoms with E-state index in [1.807, 2.05) is 43.3 Å². The molecule has 1 aromatic carbocycles. The van der Waals surface area contributed by atoms with Crippen molar-refractivity contribution in [2.45, 2.75) is 26.3 Å². The van der Waals surface area contributed by atoms with Crippen LogP contribution < -0.4 is 15.9 Å². The number of hydrogen-bond donors (Lipinski definition) is 2. The maximum Gasteiger partial charge on any atom is 0.268 e. The number of amides is 1. The van der Waals surface area contributed by atoms with Gasteiger partial charge in [-0.3, -0.25) is 4.79 Å². The molecule has 0 fully saturated rings. The summed E-state index contributed by atoms with van der Waals surface area (Å²) in [6, 6.07) is 11.7. The summed E-state index contributed by atoms with van der Waals surface area (Å²) in [5.74, 6) is -0.109. The van der Waals surface area contributed by atoms with Gasteiger partial charge < -0.3 is 10.3 Å². The quantitative estimate of drug-likeness (QED) is 0.876. The van der Waals surface area contributed by atoms with Crippen molar-refractivity contribution in [3.8, 4) is 0 Å². The first kappa shape index (κ1) is 14.1. The van der Waals surface area contributed by atoms with E-state index in [9.17, 15) is 4.79 Å². The predicted molar refractivity (Wildman–Crippen MR) is 82.6 cm³/mol. The molecule has 0 saturated carbocycles. The Hall–Kier alpha value is -2.29. The van der Waals surface area contributed by atoms with Gasteiger partial charge in [0.2, 0.25) is 0 Å². The number of nitrogens with one attached hydrogen (secondary N) is 2. The number of aromatic nitrogens is 1. The van der Waals surface area contributed by atoms with Gasteiger partial charge in [-0.05, 0) is 30.2 Å². The molecular formula is C17H20N2O. The lowest BCUT2D eigenvalue weighted by atomic mass is 10.1. The average molecular weight is 268 g/mol. The Morgan fingerprint density at radius 2 is 2.10 bits per heavy atom. The van der Waals surface area contributed by atoms with E-state index in [-0.39, 0.29) is 11.9 Å². The molecule has 2 rings (SSSR count). The van der Waals surface area contributed by atoms with Gasteiger partial charge in [-0.15, -0.1) is 0 Å². The van der Waals surface area contributed by atoms with E-state index < -0.39 is 0 Å². The molecule has 1 atom stereocenters. The highest BCUT2D eigenvalue weighted by molar-refractivity contribution is 5.92. The van der Waals surface area contributed by atoms with Crippen LogP contribution in [0.2, 0.25) is 0 Å². The van der Waals surface area contributed by atoms with Crippen molar-refractivity contribution in [2.24, 2.45) is 0 Å². The van der Waals surface area contributed by atoms with E-state index in [4.69, 9.17) is 0 Å².